The third-order valence-electron chi connectivity index (χ3n) is 4.68. The van der Waals surface area contributed by atoms with Crippen LogP contribution in [0.1, 0.15) is 36.0 Å². The molecule has 5 nitrogen and oxygen atoms in total. The zero-order valence-corrected chi connectivity index (χ0v) is 14.8. The van der Waals surface area contributed by atoms with Gasteiger partial charge in [0, 0.05) is 6.20 Å². The van der Waals surface area contributed by atoms with Crippen molar-refractivity contribution in [1.82, 2.24) is 9.78 Å². The molecular formula is C21H20FN3O2. The number of hydrogen-bond acceptors (Lipinski definition) is 3. The van der Waals surface area contributed by atoms with Crippen LogP contribution in [0.3, 0.4) is 0 Å². The van der Waals surface area contributed by atoms with Gasteiger partial charge in [-0.1, -0.05) is 24.3 Å². The molecule has 0 radical (unpaired) electrons. The van der Waals surface area contributed by atoms with Crippen LogP contribution >= 0.6 is 0 Å². The molecule has 2 aromatic carbocycles. The quantitative estimate of drug-likeness (QED) is 0.720. The summed E-state index contributed by atoms with van der Waals surface area (Å²) in [5.74, 6) is -0.0535. The molecule has 138 valence electrons. The molecule has 6 heteroatoms. The van der Waals surface area contributed by atoms with Gasteiger partial charge in [0.2, 0.25) is 0 Å². The molecule has 1 amide bonds. The van der Waals surface area contributed by atoms with E-state index in [4.69, 9.17) is 4.74 Å². The van der Waals surface area contributed by atoms with Gasteiger partial charge in [0.25, 0.3) is 5.91 Å². The van der Waals surface area contributed by atoms with Crippen LogP contribution in [-0.4, -0.2) is 21.8 Å². The number of carbonyl (C=O) groups excluding carboxylic acids is 1. The number of aromatic nitrogens is 2. The average molecular weight is 365 g/mol. The maximum absolute atomic E-state index is 13.9. The first kappa shape index (κ1) is 17.3. The third kappa shape index (κ3) is 3.84. The van der Waals surface area contributed by atoms with Crippen molar-refractivity contribution in [3.63, 3.8) is 0 Å². The fraction of sp³-hybridized carbons (Fsp3) is 0.238. The van der Waals surface area contributed by atoms with Gasteiger partial charge in [-0.05, 0) is 49.9 Å². The van der Waals surface area contributed by atoms with Gasteiger partial charge in [0.05, 0.1) is 23.6 Å². The molecule has 3 aromatic rings. The molecule has 0 unspecified atom stereocenters. The predicted molar refractivity (Wildman–Crippen MR) is 101 cm³/mol. The first-order valence-electron chi connectivity index (χ1n) is 9.07. The van der Waals surface area contributed by atoms with E-state index in [0.717, 1.165) is 12.8 Å². The van der Waals surface area contributed by atoms with Crippen LogP contribution in [0.15, 0.2) is 60.9 Å². The lowest BCUT2D eigenvalue weighted by atomic mass is 10.2. The molecule has 1 aliphatic rings. The van der Waals surface area contributed by atoms with Crippen LogP contribution in [0.5, 0.6) is 5.75 Å². The minimum Gasteiger partial charge on any atom is -0.488 e. The van der Waals surface area contributed by atoms with Gasteiger partial charge < -0.3 is 10.1 Å². The zero-order valence-electron chi connectivity index (χ0n) is 14.8. The lowest BCUT2D eigenvalue weighted by molar-refractivity contribution is 0.102. The van der Waals surface area contributed by atoms with Crippen molar-refractivity contribution < 1.29 is 13.9 Å². The fourth-order valence-corrected chi connectivity index (χ4v) is 3.26. The van der Waals surface area contributed by atoms with Crippen LogP contribution in [-0.2, 0) is 0 Å². The van der Waals surface area contributed by atoms with Crippen molar-refractivity contribution in [2.75, 3.05) is 5.32 Å². The molecule has 1 saturated carbocycles. The maximum atomic E-state index is 13.9. The molecule has 0 spiro atoms. The van der Waals surface area contributed by atoms with Gasteiger partial charge in [-0.2, -0.15) is 5.10 Å². The summed E-state index contributed by atoms with van der Waals surface area (Å²) in [7, 11) is 0. The number of amides is 1. The van der Waals surface area contributed by atoms with Crippen LogP contribution < -0.4 is 10.1 Å². The summed E-state index contributed by atoms with van der Waals surface area (Å²) in [6.45, 7) is 0. The van der Waals surface area contributed by atoms with Crippen LogP contribution in [0.2, 0.25) is 0 Å². The van der Waals surface area contributed by atoms with Crippen LogP contribution in [0.4, 0.5) is 10.1 Å². The Morgan fingerprint density at radius 2 is 1.85 bits per heavy atom. The number of anilines is 1. The minimum absolute atomic E-state index is 0.201. The maximum Gasteiger partial charge on any atom is 0.258 e. The van der Waals surface area contributed by atoms with E-state index in [1.54, 1.807) is 18.2 Å². The van der Waals surface area contributed by atoms with Gasteiger partial charge in [0.1, 0.15) is 17.3 Å². The van der Waals surface area contributed by atoms with Crippen LogP contribution in [0.25, 0.3) is 5.69 Å². The van der Waals surface area contributed by atoms with Crippen molar-refractivity contribution in [1.29, 1.82) is 0 Å². The summed E-state index contributed by atoms with van der Waals surface area (Å²) in [6, 6.07) is 13.7. The Hall–Kier alpha value is -3.15. The first-order chi connectivity index (χ1) is 13.2. The van der Waals surface area contributed by atoms with E-state index in [1.807, 2.05) is 24.3 Å². The summed E-state index contributed by atoms with van der Waals surface area (Å²) >= 11 is 0. The molecule has 1 heterocycles. The first-order valence-corrected chi connectivity index (χ1v) is 9.07. The lowest BCUT2D eigenvalue weighted by Crippen LogP contribution is -2.15. The van der Waals surface area contributed by atoms with E-state index >= 15 is 0 Å². The minimum atomic E-state index is -0.400. The summed E-state index contributed by atoms with van der Waals surface area (Å²) in [5, 5.41) is 6.97. The molecule has 1 fully saturated rings. The molecule has 0 aliphatic heterocycles. The summed E-state index contributed by atoms with van der Waals surface area (Å²) in [6.07, 6.45) is 7.56. The molecule has 27 heavy (non-hydrogen) atoms. The van der Waals surface area contributed by atoms with E-state index in [2.05, 4.69) is 10.4 Å². The number of para-hydroxylation sites is 3. The van der Waals surface area contributed by atoms with Crippen molar-refractivity contribution >= 4 is 11.6 Å². The van der Waals surface area contributed by atoms with Crippen molar-refractivity contribution in [2.45, 2.75) is 31.8 Å². The van der Waals surface area contributed by atoms with Gasteiger partial charge in [-0.15, -0.1) is 0 Å². The highest BCUT2D eigenvalue weighted by Gasteiger charge is 2.19. The molecular weight excluding hydrogens is 345 g/mol. The number of halogens is 1. The fourth-order valence-electron chi connectivity index (χ4n) is 3.26. The normalized spacial score (nSPS) is 14.3. The molecule has 0 saturated heterocycles. The average Bonchev–Trinajstić information content (AvgIpc) is 3.36. The van der Waals surface area contributed by atoms with Gasteiger partial charge in [-0.25, -0.2) is 9.07 Å². The van der Waals surface area contributed by atoms with Gasteiger partial charge >= 0.3 is 0 Å². The second-order valence-electron chi connectivity index (χ2n) is 6.60. The molecule has 0 bridgehead atoms. The topological polar surface area (TPSA) is 56.1 Å². The van der Waals surface area contributed by atoms with Crippen molar-refractivity contribution in [3.05, 3.63) is 72.3 Å². The van der Waals surface area contributed by atoms with E-state index < -0.39 is 5.82 Å². The Bertz CT molecular complexity index is 948. The van der Waals surface area contributed by atoms with Crippen LogP contribution in [0, 0.1) is 5.82 Å². The van der Waals surface area contributed by atoms with E-state index in [0.29, 0.717) is 22.7 Å². The smallest absolute Gasteiger partial charge is 0.258 e. The predicted octanol–water partition coefficient (Wildman–Crippen LogP) is 4.59. The SMILES string of the molecule is O=C(Nc1ccccc1OC1CCCC1)c1cnn(-c2ccccc2F)c1. The number of carbonyl (C=O) groups is 1. The summed E-state index contributed by atoms with van der Waals surface area (Å²) in [4.78, 5) is 12.6. The standard InChI is InChI=1S/C21H20FN3O2/c22-17-9-3-5-11-19(17)25-14-15(13-23-25)21(26)24-18-10-4-6-12-20(18)27-16-7-1-2-8-16/h3-6,9-14,16H,1-2,7-8H2,(H,24,26). The van der Waals surface area contributed by atoms with Gasteiger partial charge in [-0.3, -0.25) is 4.79 Å². The van der Waals surface area contributed by atoms with E-state index in [-0.39, 0.29) is 12.0 Å². The number of nitrogens with one attached hydrogen (secondary N) is 1. The molecule has 1 aromatic heterocycles. The Kier molecular flexibility index (Phi) is 4.87. The number of nitrogens with zero attached hydrogens (tertiary/aromatic N) is 2. The highest BCUT2D eigenvalue weighted by Crippen LogP contribution is 2.30. The molecule has 1 N–H and O–H groups in total. The summed E-state index contributed by atoms with van der Waals surface area (Å²) in [5.41, 5.74) is 1.25. The zero-order chi connectivity index (χ0) is 18.6. The number of rotatable bonds is 5. The van der Waals surface area contributed by atoms with Crippen molar-refractivity contribution in [3.8, 4) is 11.4 Å². The second-order valence-corrected chi connectivity index (χ2v) is 6.60. The Balaban J connectivity index is 1.51. The number of ether oxygens (including phenoxy) is 1. The Labute approximate surface area is 156 Å². The van der Waals surface area contributed by atoms with Gasteiger partial charge in [0.15, 0.2) is 0 Å². The Morgan fingerprint density at radius 3 is 2.67 bits per heavy atom. The molecule has 4 rings (SSSR count). The molecule has 0 atom stereocenters. The summed E-state index contributed by atoms with van der Waals surface area (Å²) < 4.78 is 21.3. The number of hydrogen-bond donors (Lipinski definition) is 1. The molecule has 1 aliphatic carbocycles. The number of benzene rings is 2. The third-order valence-corrected chi connectivity index (χ3v) is 4.68. The monoisotopic (exact) mass is 365 g/mol. The Morgan fingerprint density at radius 1 is 1.11 bits per heavy atom. The highest BCUT2D eigenvalue weighted by atomic mass is 19.1. The van der Waals surface area contributed by atoms with E-state index in [1.165, 1.54) is 36.0 Å². The highest BCUT2D eigenvalue weighted by molar-refractivity contribution is 6.04. The lowest BCUT2D eigenvalue weighted by Gasteiger charge is -2.16. The van der Waals surface area contributed by atoms with E-state index in [9.17, 15) is 9.18 Å². The second kappa shape index (κ2) is 7.61. The van der Waals surface area contributed by atoms with Crippen molar-refractivity contribution in [2.24, 2.45) is 0 Å². The largest absolute Gasteiger partial charge is 0.488 e.